The second-order valence-electron chi connectivity index (χ2n) is 6.92. The first kappa shape index (κ1) is 18.3. The lowest BCUT2D eigenvalue weighted by Crippen LogP contribution is -2.19. The van der Waals surface area contributed by atoms with Crippen LogP contribution < -0.4 is 0 Å². The van der Waals surface area contributed by atoms with Crippen LogP contribution in [0.4, 0.5) is 0 Å². The van der Waals surface area contributed by atoms with E-state index in [1.807, 2.05) is 25.2 Å². The van der Waals surface area contributed by atoms with E-state index in [9.17, 15) is 4.79 Å². The van der Waals surface area contributed by atoms with E-state index in [0.717, 1.165) is 0 Å². The van der Waals surface area contributed by atoms with Crippen molar-refractivity contribution in [2.45, 2.75) is 53.9 Å². The third-order valence-electron chi connectivity index (χ3n) is 4.43. The molecule has 0 aliphatic heterocycles. The van der Waals surface area contributed by atoms with Crippen molar-refractivity contribution in [3.63, 3.8) is 0 Å². The minimum Gasteiger partial charge on any atom is -0.301 e. The number of aldehydes is 1. The molecule has 22 heavy (non-hydrogen) atoms. The van der Waals surface area contributed by atoms with Crippen molar-refractivity contribution in [2.24, 2.45) is 11.3 Å². The number of rotatable bonds is 6. The van der Waals surface area contributed by atoms with Gasteiger partial charge in [0.2, 0.25) is 0 Å². The molecule has 0 fully saturated rings. The molecule has 1 atom stereocenters. The topological polar surface area (TPSA) is 40.9 Å². The van der Waals surface area contributed by atoms with Crippen LogP contribution in [0.1, 0.15) is 53.9 Å². The standard InChI is InChI=1S/C20H29NO/c1-15(8-6-9-17(3)19(21)14-22)11-12-18-16(2)10-7-13-20(18,4)5/h6,8-9,11-12,14,17,21H,7,10,13H2,1-5H3. The Morgan fingerprint density at radius 3 is 2.64 bits per heavy atom. The zero-order chi connectivity index (χ0) is 16.8. The molecule has 1 N–H and O–H groups in total. The maximum atomic E-state index is 10.5. The van der Waals surface area contributed by atoms with Crippen molar-refractivity contribution >= 4 is 12.0 Å². The first-order chi connectivity index (χ1) is 10.3. The van der Waals surface area contributed by atoms with E-state index in [0.29, 0.717) is 6.29 Å². The molecule has 0 aromatic rings. The Balaban J connectivity index is 2.77. The highest BCUT2D eigenvalue weighted by Crippen LogP contribution is 2.40. The predicted molar refractivity (Wildman–Crippen MR) is 95.3 cm³/mol. The zero-order valence-electron chi connectivity index (χ0n) is 14.6. The first-order valence-electron chi connectivity index (χ1n) is 8.05. The molecule has 1 rings (SSSR count). The van der Waals surface area contributed by atoms with E-state index >= 15 is 0 Å². The smallest absolute Gasteiger partial charge is 0.164 e. The number of carbonyl (C=O) groups excluding carboxylic acids is 1. The Kier molecular flexibility index (Phi) is 6.73. The molecule has 0 aromatic heterocycles. The highest BCUT2D eigenvalue weighted by Gasteiger charge is 2.26. The van der Waals surface area contributed by atoms with Crippen LogP contribution in [0.25, 0.3) is 0 Å². The van der Waals surface area contributed by atoms with Gasteiger partial charge in [-0.1, -0.05) is 62.3 Å². The molecule has 1 aliphatic rings. The molecule has 0 saturated carbocycles. The molecular formula is C20H29NO. The molecule has 2 heteroatoms. The summed E-state index contributed by atoms with van der Waals surface area (Å²) < 4.78 is 0. The van der Waals surface area contributed by atoms with Gasteiger partial charge >= 0.3 is 0 Å². The van der Waals surface area contributed by atoms with Crippen molar-refractivity contribution in [1.82, 2.24) is 0 Å². The summed E-state index contributed by atoms with van der Waals surface area (Å²) in [6.07, 6.45) is 14.6. The zero-order valence-corrected chi connectivity index (χ0v) is 14.6. The normalized spacial score (nSPS) is 20.7. The van der Waals surface area contributed by atoms with E-state index < -0.39 is 0 Å². The molecule has 0 saturated heterocycles. The summed E-state index contributed by atoms with van der Waals surface area (Å²) in [4.78, 5) is 10.5. The molecule has 0 aromatic carbocycles. The van der Waals surface area contributed by atoms with Crippen LogP contribution in [0.15, 0.2) is 47.1 Å². The van der Waals surface area contributed by atoms with Gasteiger partial charge in [-0.05, 0) is 44.1 Å². The van der Waals surface area contributed by atoms with Crippen LogP contribution in [0.2, 0.25) is 0 Å². The number of hydrogen-bond acceptors (Lipinski definition) is 2. The van der Waals surface area contributed by atoms with Crippen molar-refractivity contribution in [3.8, 4) is 0 Å². The molecule has 0 amide bonds. The Morgan fingerprint density at radius 1 is 1.36 bits per heavy atom. The maximum Gasteiger partial charge on any atom is 0.164 e. The summed E-state index contributed by atoms with van der Waals surface area (Å²) in [6, 6.07) is 0. The number of allylic oxidation sites excluding steroid dienone is 8. The Hall–Kier alpha value is -1.70. The number of carbonyl (C=O) groups is 1. The van der Waals surface area contributed by atoms with Crippen LogP contribution >= 0.6 is 0 Å². The van der Waals surface area contributed by atoms with Gasteiger partial charge in [-0.2, -0.15) is 0 Å². The summed E-state index contributed by atoms with van der Waals surface area (Å²) >= 11 is 0. The minimum absolute atomic E-state index is 0.114. The second-order valence-corrected chi connectivity index (χ2v) is 6.92. The molecule has 120 valence electrons. The van der Waals surface area contributed by atoms with Crippen LogP contribution in [0, 0.1) is 16.7 Å². The molecule has 0 heterocycles. The first-order valence-corrected chi connectivity index (χ1v) is 8.05. The lowest BCUT2D eigenvalue weighted by atomic mass is 9.72. The molecule has 2 nitrogen and oxygen atoms in total. The fourth-order valence-corrected chi connectivity index (χ4v) is 2.87. The molecule has 1 unspecified atom stereocenters. The van der Waals surface area contributed by atoms with E-state index in [1.165, 1.54) is 36.0 Å². The van der Waals surface area contributed by atoms with Crippen LogP contribution in [-0.2, 0) is 4.79 Å². The van der Waals surface area contributed by atoms with E-state index in [4.69, 9.17) is 5.41 Å². The van der Waals surface area contributed by atoms with Gasteiger partial charge in [-0.3, -0.25) is 4.79 Å². The molecular weight excluding hydrogens is 270 g/mol. The van der Waals surface area contributed by atoms with Gasteiger partial charge in [-0.25, -0.2) is 0 Å². The lowest BCUT2D eigenvalue weighted by molar-refractivity contribution is -0.102. The summed E-state index contributed by atoms with van der Waals surface area (Å²) in [5.41, 5.74) is 4.52. The summed E-state index contributed by atoms with van der Waals surface area (Å²) in [5, 5.41) is 7.45. The molecule has 1 aliphatic carbocycles. The Bertz CT molecular complexity index is 544. The monoisotopic (exact) mass is 299 g/mol. The minimum atomic E-state index is -0.132. The quantitative estimate of drug-likeness (QED) is 0.397. The second kappa shape index (κ2) is 8.07. The average Bonchev–Trinajstić information content (AvgIpc) is 2.45. The number of nitrogens with one attached hydrogen (secondary N) is 1. The predicted octanol–water partition coefficient (Wildman–Crippen LogP) is 5.43. The van der Waals surface area contributed by atoms with E-state index in [-0.39, 0.29) is 17.0 Å². The van der Waals surface area contributed by atoms with Crippen molar-refractivity contribution < 1.29 is 4.79 Å². The summed E-state index contributed by atoms with van der Waals surface area (Å²) in [7, 11) is 0. The van der Waals surface area contributed by atoms with Crippen molar-refractivity contribution in [2.75, 3.05) is 0 Å². The van der Waals surface area contributed by atoms with Gasteiger partial charge in [0.1, 0.15) is 0 Å². The van der Waals surface area contributed by atoms with Gasteiger partial charge in [0.05, 0.1) is 5.71 Å². The van der Waals surface area contributed by atoms with E-state index in [2.05, 4.69) is 39.8 Å². The fraction of sp³-hybridized carbons (Fsp3) is 0.500. The van der Waals surface area contributed by atoms with Gasteiger partial charge < -0.3 is 5.41 Å². The van der Waals surface area contributed by atoms with Gasteiger partial charge in [0.15, 0.2) is 6.29 Å². The summed E-state index contributed by atoms with van der Waals surface area (Å²) in [6.45, 7) is 10.8. The average molecular weight is 299 g/mol. The van der Waals surface area contributed by atoms with Crippen LogP contribution in [0.5, 0.6) is 0 Å². The SMILES string of the molecule is CC(C=CC1=C(C)CCCC1(C)C)=CC=CC(C)C(=N)C=O. The fourth-order valence-electron chi connectivity index (χ4n) is 2.87. The van der Waals surface area contributed by atoms with Crippen LogP contribution in [-0.4, -0.2) is 12.0 Å². The van der Waals surface area contributed by atoms with Crippen LogP contribution in [0.3, 0.4) is 0 Å². The largest absolute Gasteiger partial charge is 0.301 e. The maximum absolute atomic E-state index is 10.5. The Labute approximate surface area is 135 Å². The van der Waals surface area contributed by atoms with Crippen molar-refractivity contribution in [1.29, 1.82) is 5.41 Å². The molecule has 0 spiro atoms. The van der Waals surface area contributed by atoms with Crippen molar-refractivity contribution in [3.05, 3.63) is 47.1 Å². The molecule has 0 bridgehead atoms. The highest BCUT2D eigenvalue weighted by molar-refractivity contribution is 6.28. The lowest BCUT2D eigenvalue weighted by Gasteiger charge is -2.32. The van der Waals surface area contributed by atoms with Gasteiger partial charge in [0, 0.05) is 5.92 Å². The van der Waals surface area contributed by atoms with E-state index in [1.54, 1.807) is 0 Å². The summed E-state index contributed by atoms with van der Waals surface area (Å²) in [5.74, 6) is -0.132. The number of hydrogen-bond donors (Lipinski definition) is 1. The third-order valence-corrected chi connectivity index (χ3v) is 4.43. The third kappa shape index (κ3) is 5.25. The molecule has 0 radical (unpaired) electrons. The highest BCUT2D eigenvalue weighted by atomic mass is 16.1. The Morgan fingerprint density at radius 2 is 2.05 bits per heavy atom. The van der Waals surface area contributed by atoms with Gasteiger partial charge in [0.25, 0.3) is 0 Å². The van der Waals surface area contributed by atoms with Gasteiger partial charge in [-0.15, -0.1) is 0 Å².